The summed E-state index contributed by atoms with van der Waals surface area (Å²) >= 11 is 0. The summed E-state index contributed by atoms with van der Waals surface area (Å²) in [5.74, 6) is -0.598. The Balaban J connectivity index is 2.77. The van der Waals surface area contributed by atoms with E-state index in [4.69, 9.17) is 0 Å². The highest BCUT2D eigenvalue weighted by Gasteiger charge is 2.25. The van der Waals surface area contributed by atoms with Gasteiger partial charge in [0.2, 0.25) is 5.91 Å². The molecule has 0 bridgehead atoms. The topological polar surface area (TPSA) is 78.4 Å². The van der Waals surface area contributed by atoms with Crippen molar-refractivity contribution in [1.29, 1.82) is 0 Å². The van der Waals surface area contributed by atoms with Crippen molar-refractivity contribution in [3.63, 3.8) is 0 Å². The van der Waals surface area contributed by atoms with E-state index < -0.39 is 12.1 Å². The molecule has 0 radical (unpaired) electrons. The molecule has 116 valence electrons. The summed E-state index contributed by atoms with van der Waals surface area (Å²) < 4.78 is 0. The van der Waals surface area contributed by atoms with E-state index in [0.717, 1.165) is 5.56 Å². The molecule has 0 aliphatic carbocycles. The number of amides is 2. The van der Waals surface area contributed by atoms with E-state index in [1.165, 1.54) is 0 Å². The van der Waals surface area contributed by atoms with Gasteiger partial charge in [0, 0.05) is 12.1 Å². The van der Waals surface area contributed by atoms with Crippen LogP contribution in [0.25, 0.3) is 0 Å². The summed E-state index contributed by atoms with van der Waals surface area (Å²) in [6.07, 6.45) is -0.617. The predicted molar refractivity (Wildman–Crippen MR) is 82.0 cm³/mol. The Hall–Kier alpha value is -1.88. The van der Waals surface area contributed by atoms with Gasteiger partial charge in [0.25, 0.3) is 5.91 Å². The first kappa shape index (κ1) is 17.2. The Bertz CT molecular complexity index is 498. The molecule has 5 nitrogen and oxygen atoms in total. The van der Waals surface area contributed by atoms with Crippen molar-refractivity contribution < 1.29 is 14.7 Å². The molecular weight excluding hydrogens is 268 g/mol. The average Bonchev–Trinajstić information content (AvgIpc) is 2.42. The molecule has 0 aromatic heterocycles. The summed E-state index contributed by atoms with van der Waals surface area (Å²) in [7, 11) is 0. The van der Waals surface area contributed by atoms with Gasteiger partial charge in [-0.1, -0.05) is 32.0 Å². The molecule has 5 heteroatoms. The third kappa shape index (κ3) is 5.19. The number of nitrogens with one attached hydrogen (secondary N) is 2. The maximum absolute atomic E-state index is 12.3. The lowest BCUT2D eigenvalue weighted by Gasteiger charge is -2.22. The van der Waals surface area contributed by atoms with Gasteiger partial charge < -0.3 is 15.7 Å². The number of aliphatic hydroxyl groups excluding tert-OH is 1. The molecule has 1 aromatic carbocycles. The number of rotatable bonds is 6. The van der Waals surface area contributed by atoms with E-state index in [0.29, 0.717) is 5.56 Å². The number of aliphatic hydroxyl groups is 1. The SMILES string of the molecule is Cc1ccccc1C(=O)NC(C(=O)NCC(C)O)C(C)C. The summed E-state index contributed by atoms with van der Waals surface area (Å²) in [6.45, 7) is 7.35. The molecule has 21 heavy (non-hydrogen) atoms. The molecule has 0 heterocycles. The van der Waals surface area contributed by atoms with Gasteiger partial charge in [-0.25, -0.2) is 0 Å². The third-order valence-corrected chi connectivity index (χ3v) is 3.20. The molecule has 1 aromatic rings. The van der Waals surface area contributed by atoms with Crippen LogP contribution in [-0.2, 0) is 4.79 Å². The van der Waals surface area contributed by atoms with E-state index in [-0.39, 0.29) is 24.3 Å². The molecule has 0 saturated carbocycles. The fourth-order valence-corrected chi connectivity index (χ4v) is 1.94. The first-order valence-corrected chi connectivity index (χ1v) is 7.15. The molecule has 0 saturated heterocycles. The van der Waals surface area contributed by atoms with E-state index in [9.17, 15) is 14.7 Å². The highest BCUT2D eigenvalue weighted by atomic mass is 16.3. The van der Waals surface area contributed by atoms with Crippen LogP contribution < -0.4 is 10.6 Å². The number of hydrogen-bond donors (Lipinski definition) is 3. The van der Waals surface area contributed by atoms with Crippen LogP contribution in [0, 0.1) is 12.8 Å². The fraction of sp³-hybridized carbons (Fsp3) is 0.500. The van der Waals surface area contributed by atoms with Crippen LogP contribution in [0.2, 0.25) is 0 Å². The maximum atomic E-state index is 12.3. The van der Waals surface area contributed by atoms with Gasteiger partial charge >= 0.3 is 0 Å². The smallest absolute Gasteiger partial charge is 0.252 e. The number of benzene rings is 1. The molecule has 0 aliphatic heterocycles. The molecular formula is C16H24N2O3. The Kier molecular flexibility index (Phi) is 6.37. The lowest BCUT2D eigenvalue weighted by atomic mass is 10.0. The number of carbonyl (C=O) groups is 2. The largest absolute Gasteiger partial charge is 0.392 e. The van der Waals surface area contributed by atoms with Crippen molar-refractivity contribution in [2.24, 2.45) is 5.92 Å². The van der Waals surface area contributed by atoms with Crippen LogP contribution in [0.3, 0.4) is 0 Å². The fourth-order valence-electron chi connectivity index (χ4n) is 1.94. The minimum atomic E-state index is -0.629. The molecule has 2 amide bonds. The Morgan fingerprint density at radius 2 is 1.81 bits per heavy atom. The van der Waals surface area contributed by atoms with E-state index in [1.54, 1.807) is 19.1 Å². The summed E-state index contributed by atoms with van der Waals surface area (Å²) in [5, 5.41) is 14.6. The number of aryl methyl sites for hydroxylation is 1. The van der Waals surface area contributed by atoms with Crippen molar-refractivity contribution >= 4 is 11.8 Å². The maximum Gasteiger partial charge on any atom is 0.252 e. The van der Waals surface area contributed by atoms with Gasteiger partial charge in [0.15, 0.2) is 0 Å². The molecule has 0 spiro atoms. The zero-order valence-electron chi connectivity index (χ0n) is 13.0. The summed E-state index contributed by atoms with van der Waals surface area (Å²) in [4.78, 5) is 24.4. The second kappa shape index (κ2) is 7.78. The van der Waals surface area contributed by atoms with Crippen LogP contribution in [0.4, 0.5) is 0 Å². The Morgan fingerprint density at radius 3 is 2.33 bits per heavy atom. The molecule has 0 fully saturated rings. The highest BCUT2D eigenvalue weighted by Crippen LogP contribution is 2.09. The third-order valence-electron chi connectivity index (χ3n) is 3.20. The van der Waals surface area contributed by atoms with Crippen molar-refractivity contribution in [3.05, 3.63) is 35.4 Å². The minimum absolute atomic E-state index is 0.0491. The van der Waals surface area contributed by atoms with E-state index in [2.05, 4.69) is 10.6 Å². The van der Waals surface area contributed by atoms with Crippen molar-refractivity contribution in [2.75, 3.05) is 6.54 Å². The first-order valence-electron chi connectivity index (χ1n) is 7.15. The van der Waals surface area contributed by atoms with Crippen LogP contribution in [0.1, 0.15) is 36.7 Å². The van der Waals surface area contributed by atoms with Gasteiger partial charge in [0.1, 0.15) is 6.04 Å². The second-order valence-corrected chi connectivity index (χ2v) is 5.60. The van der Waals surface area contributed by atoms with Crippen molar-refractivity contribution in [3.8, 4) is 0 Å². The van der Waals surface area contributed by atoms with Crippen LogP contribution in [0.15, 0.2) is 24.3 Å². The zero-order valence-corrected chi connectivity index (χ0v) is 13.0. The first-order chi connectivity index (χ1) is 9.82. The van der Waals surface area contributed by atoms with Gasteiger partial charge in [-0.15, -0.1) is 0 Å². The van der Waals surface area contributed by atoms with Crippen LogP contribution in [-0.4, -0.2) is 35.6 Å². The standard InChI is InChI=1S/C16H24N2O3/c1-10(2)14(16(21)17-9-12(4)19)18-15(20)13-8-6-5-7-11(13)3/h5-8,10,12,14,19H,9H2,1-4H3,(H,17,21)(H,18,20). The molecule has 2 unspecified atom stereocenters. The Labute approximate surface area is 125 Å². The average molecular weight is 292 g/mol. The number of carbonyl (C=O) groups excluding carboxylic acids is 2. The number of hydrogen-bond acceptors (Lipinski definition) is 3. The van der Waals surface area contributed by atoms with Gasteiger partial charge in [-0.3, -0.25) is 9.59 Å². The molecule has 1 rings (SSSR count). The van der Waals surface area contributed by atoms with Crippen LogP contribution >= 0.6 is 0 Å². The van der Waals surface area contributed by atoms with E-state index in [1.807, 2.05) is 32.9 Å². The van der Waals surface area contributed by atoms with Gasteiger partial charge in [-0.05, 0) is 31.4 Å². The second-order valence-electron chi connectivity index (χ2n) is 5.60. The normalized spacial score (nSPS) is 13.6. The lowest BCUT2D eigenvalue weighted by Crippen LogP contribution is -2.50. The van der Waals surface area contributed by atoms with E-state index >= 15 is 0 Å². The molecule has 0 aliphatic rings. The van der Waals surface area contributed by atoms with Gasteiger partial charge in [0.05, 0.1) is 6.10 Å². The molecule has 2 atom stereocenters. The summed E-state index contributed by atoms with van der Waals surface area (Å²) in [5.41, 5.74) is 1.42. The van der Waals surface area contributed by atoms with Crippen LogP contribution in [0.5, 0.6) is 0 Å². The lowest BCUT2D eigenvalue weighted by molar-refractivity contribution is -0.124. The highest BCUT2D eigenvalue weighted by molar-refractivity contribution is 5.98. The zero-order chi connectivity index (χ0) is 16.0. The molecule has 3 N–H and O–H groups in total. The predicted octanol–water partition coefficient (Wildman–Crippen LogP) is 1.25. The summed E-state index contributed by atoms with van der Waals surface area (Å²) in [6, 6.07) is 6.61. The monoisotopic (exact) mass is 292 g/mol. The Morgan fingerprint density at radius 1 is 1.19 bits per heavy atom. The van der Waals surface area contributed by atoms with Crippen molar-refractivity contribution in [1.82, 2.24) is 10.6 Å². The van der Waals surface area contributed by atoms with Crippen molar-refractivity contribution in [2.45, 2.75) is 39.8 Å². The van der Waals surface area contributed by atoms with Gasteiger partial charge in [-0.2, -0.15) is 0 Å². The quantitative estimate of drug-likeness (QED) is 0.738. The minimum Gasteiger partial charge on any atom is -0.392 e.